The van der Waals surface area contributed by atoms with Gasteiger partial charge in [-0.05, 0) is 56.8 Å². The summed E-state index contributed by atoms with van der Waals surface area (Å²) in [6.45, 7) is 18.2. The van der Waals surface area contributed by atoms with Crippen molar-refractivity contribution in [2.75, 3.05) is 26.2 Å². The Morgan fingerprint density at radius 2 is 1.31 bits per heavy atom. The van der Waals surface area contributed by atoms with Crippen molar-refractivity contribution in [3.05, 3.63) is 99.0 Å². The average molecular weight is 550 g/mol. The van der Waals surface area contributed by atoms with E-state index in [-0.39, 0.29) is 16.9 Å². The third-order valence-electron chi connectivity index (χ3n) is 7.28. The van der Waals surface area contributed by atoms with Gasteiger partial charge in [0.1, 0.15) is 5.75 Å². The smallest absolute Gasteiger partial charge is 0.123 e. The lowest BCUT2D eigenvalue weighted by molar-refractivity contribution is 0.104. The summed E-state index contributed by atoms with van der Waals surface area (Å²) >= 11 is 3.86. The molecule has 3 nitrogen and oxygen atoms in total. The summed E-state index contributed by atoms with van der Waals surface area (Å²) in [4.78, 5) is 5.17. The molecule has 4 rings (SSSR count). The van der Waals surface area contributed by atoms with Crippen LogP contribution in [0.5, 0.6) is 5.75 Å². The summed E-state index contributed by atoms with van der Waals surface area (Å²) in [6, 6.07) is 24.0. The van der Waals surface area contributed by atoms with Gasteiger partial charge in [0.25, 0.3) is 0 Å². The van der Waals surface area contributed by atoms with Crippen molar-refractivity contribution in [3.8, 4) is 5.75 Å². The molecule has 1 unspecified atom stereocenters. The van der Waals surface area contributed by atoms with Gasteiger partial charge in [0.2, 0.25) is 0 Å². The fourth-order valence-electron chi connectivity index (χ4n) is 5.26. The van der Waals surface area contributed by atoms with Crippen molar-refractivity contribution in [3.63, 3.8) is 0 Å². The molecule has 3 aromatic rings. The first kappa shape index (κ1) is 26.9. The van der Waals surface area contributed by atoms with E-state index in [1.165, 1.54) is 16.7 Å². The Bertz CT molecular complexity index is 1130. The second-order valence-corrected chi connectivity index (χ2v) is 13.0. The Labute approximate surface area is 226 Å². The highest BCUT2D eigenvalue weighted by atomic mass is 79.9. The predicted molar refractivity (Wildman–Crippen MR) is 155 cm³/mol. The summed E-state index contributed by atoms with van der Waals surface area (Å²) < 4.78 is 1.13. The normalized spacial score (nSPS) is 16.8. The molecule has 192 valence electrons. The molecule has 0 spiro atoms. The molecule has 1 fully saturated rings. The van der Waals surface area contributed by atoms with Gasteiger partial charge in [-0.3, -0.25) is 9.80 Å². The number of hydrogen-bond acceptors (Lipinski definition) is 3. The second kappa shape index (κ2) is 10.7. The zero-order valence-electron chi connectivity index (χ0n) is 22.7. The lowest BCUT2D eigenvalue weighted by Gasteiger charge is -2.41. The first-order chi connectivity index (χ1) is 16.9. The molecule has 0 bridgehead atoms. The van der Waals surface area contributed by atoms with E-state index in [0.717, 1.165) is 48.3 Å². The SMILES string of the molecule is CC(C)(C)c1cc(C(c2ccccc2Br)N2CCN(Cc3ccccc3)CC2)cc(C(C)(C)C)c1O. The summed E-state index contributed by atoms with van der Waals surface area (Å²) in [5.74, 6) is 0.442. The van der Waals surface area contributed by atoms with E-state index >= 15 is 0 Å². The third-order valence-corrected chi connectivity index (χ3v) is 8.01. The fourth-order valence-corrected chi connectivity index (χ4v) is 5.76. The van der Waals surface area contributed by atoms with Gasteiger partial charge in [0.15, 0.2) is 0 Å². The molecule has 4 heteroatoms. The molecule has 1 aliphatic rings. The van der Waals surface area contributed by atoms with Gasteiger partial charge in [-0.15, -0.1) is 0 Å². The first-order valence-electron chi connectivity index (χ1n) is 13.1. The van der Waals surface area contributed by atoms with Crippen LogP contribution in [-0.2, 0) is 17.4 Å². The number of benzene rings is 3. The minimum absolute atomic E-state index is 0.113. The van der Waals surface area contributed by atoms with Gasteiger partial charge in [0, 0.05) is 37.2 Å². The van der Waals surface area contributed by atoms with Crippen LogP contribution in [0.25, 0.3) is 0 Å². The van der Waals surface area contributed by atoms with Crippen molar-refractivity contribution < 1.29 is 5.11 Å². The van der Waals surface area contributed by atoms with Gasteiger partial charge >= 0.3 is 0 Å². The van der Waals surface area contributed by atoms with Gasteiger partial charge in [-0.25, -0.2) is 0 Å². The molecular formula is C32H41BrN2O. The summed E-state index contributed by atoms with van der Waals surface area (Å²) in [7, 11) is 0. The summed E-state index contributed by atoms with van der Waals surface area (Å²) in [5, 5.41) is 11.3. The number of piperazine rings is 1. The zero-order chi connectivity index (χ0) is 26.1. The highest BCUT2D eigenvalue weighted by molar-refractivity contribution is 9.10. The number of hydrogen-bond donors (Lipinski definition) is 1. The van der Waals surface area contributed by atoms with Crippen molar-refractivity contribution in [1.29, 1.82) is 0 Å². The number of aromatic hydroxyl groups is 1. The number of phenols is 1. The molecule has 1 aliphatic heterocycles. The Hall–Kier alpha value is -2.14. The monoisotopic (exact) mass is 548 g/mol. The van der Waals surface area contributed by atoms with E-state index in [0.29, 0.717) is 5.75 Å². The van der Waals surface area contributed by atoms with Gasteiger partial charge in [-0.2, -0.15) is 0 Å². The van der Waals surface area contributed by atoms with E-state index in [1.807, 2.05) is 0 Å². The number of rotatable bonds is 5. The van der Waals surface area contributed by atoms with E-state index in [2.05, 4.69) is 134 Å². The fraction of sp³-hybridized carbons (Fsp3) is 0.438. The van der Waals surface area contributed by atoms with Gasteiger partial charge in [0.05, 0.1) is 6.04 Å². The van der Waals surface area contributed by atoms with Crippen LogP contribution in [-0.4, -0.2) is 41.1 Å². The molecule has 36 heavy (non-hydrogen) atoms. The predicted octanol–water partition coefficient (Wildman–Crippen LogP) is 7.66. The molecule has 0 radical (unpaired) electrons. The lowest BCUT2D eigenvalue weighted by atomic mass is 9.77. The maximum Gasteiger partial charge on any atom is 0.123 e. The maximum absolute atomic E-state index is 11.3. The van der Waals surface area contributed by atoms with Crippen LogP contribution in [0.2, 0.25) is 0 Å². The van der Waals surface area contributed by atoms with Crippen LogP contribution in [0.15, 0.2) is 71.2 Å². The van der Waals surface area contributed by atoms with Crippen LogP contribution in [0.4, 0.5) is 0 Å². The van der Waals surface area contributed by atoms with Gasteiger partial charge in [-0.1, -0.05) is 106 Å². The van der Waals surface area contributed by atoms with Gasteiger partial charge < -0.3 is 5.11 Å². The largest absolute Gasteiger partial charge is 0.507 e. The van der Waals surface area contributed by atoms with E-state index < -0.39 is 0 Å². The topological polar surface area (TPSA) is 26.7 Å². The molecule has 1 saturated heterocycles. The highest BCUT2D eigenvalue weighted by Crippen LogP contribution is 2.43. The van der Waals surface area contributed by atoms with Crippen LogP contribution in [0.1, 0.15) is 75.4 Å². The minimum atomic E-state index is -0.160. The highest BCUT2D eigenvalue weighted by Gasteiger charge is 2.32. The molecule has 1 atom stereocenters. The summed E-state index contributed by atoms with van der Waals surface area (Å²) in [5.41, 5.74) is 5.62. The van der Waals surface area contributed by atoms with Crippen molar-refractivity contribution >= 4 is 15.9 Å². The Morgan fingerprint density at radius 1 is 0.778 bits per heavy atom. The molecule has 0 amide bonds. The van der Waals surface area contributed by atoms with Crippen LogP contribution in [0, 0.1) is 0 Å². The number of nitrogens with zero attached hydrogens (tertiary/aromatic N) is 2. The molecule has 3 aromatic carbocycles. The number of halogens is 1. The third kappa shape index (κ3) is 6.04. The van der Waals surface area contributed by atoms with Crippen LogP contribution >= 0.6 is 15.9 Å². The molecule has 0 aromatic heterocycles. The number of phenolic OH excluding ortho intramolecular Hbond substituents is 1. The zero-order valence-corrected chi connectivity index (χ0v) is 24.3. The van der Waals surface area contributed by atoms with Crippen LogP contribution in [0.3, 0.4) is 0 Å². The molecule has 1 heterocycles. The van der Waals surface area contributed by atoms with E-state index in [9.17, 15) is 5.11 Å². The van der Waals surface area contributed by atoms with Crippen molar-refractivity contribution in [2.45, 2.75) is 65.0 Å². The quantitative estimate of drug-likeness (QED) is 0.354. The molecule has 1 N–H and O–H groups in total. The molecular weight excluding hydrogens is 508 g/mol. The molecule has 0 saturated carbocycles. The Balaban J connectivity index is 1.73. The summed E-state index contributed by atoms with van der Waals surface area (Å²) in [6.07, 6.45) is 0. The Kier molecular flexibility index (Phi) is 7.99. The first-order valence-corrected chi connectivity index (χ1v) is 13.9. The second-order valence-electron chi connectivity index (χ2n) is 12.2. The minimum Gasteiger partial charge on any atom is -0.507 e. The van der Waals surface area contributed by atoms with E-state index in [4.69, 9.17) is 0 Å². The van der Waals surface area contributed by atoms with Crippen LogP contribution < -0.4 is 0 Å². The van der Waals surface area contributed by atoms with E-state index in [1.54, 1.807) is 0 Å². The average Bonchev–Trinajstić information content (AvgIpc) is 2.81. The Morgan fingerprint density at radius 3 is 1.83 bits per heavy atom. The standard InChI is InChI=1S/C32H41BrN2O/c1-31(2,3)26-20-24(21-27(30(26)36)32(4,5)6)29(25-14-10-11-15-28(25)33)35-18-16-34(17-19-35)22-23-12-8-7-9-13-23/h7-15,20-21,29,36H,16-19,22H2,1-6H3. The van der Waals surface area contributed by atoms with Crippen molar-refractivity contribution in [1.82, 2.24) is 9.80 Å². The van der Waals surface area contributed by atoms with Crippen molar-refractivity contribution in [2.24, 2.45) is 0 Å². The maximum atomic E-state index is 11.3. The lowest BCUT2D eigenvalue weighted by Crippen LogP contribution is -2.47. The molecule has 0 aliphatic carbocycles.